The van der Waals surface area contributed by atoms with Gasteiger partial charge < -0.3 is 0 Å². The van der Waals surface area contributed by atoms with Crippen LogP contribution in [-0.2, 0) is 17.6 Å². The van der Waals surface area contributed by atoms with Gasteiger partial charge in [-0.1, -0.05) is 0 Å². The molecule has 2 aromatic carbocycles. The van der Waals surface area contributed by atoms with Crippen molar-refractivity contribution in [3.63, 3.8) is 0 Å². The molecule has 0 saturated carbocycles. The second-order valence-corrected chi connectivity index (χ2v) is 5.18. The maximum atomic E-state index is 2.34. The van der Waals surface area contributed by atoms with Gasteiger partial charge in [0.1, 0.15) is 0 Å². The molecule has 0 amide bonds. The van der Waals surface area contributed by atoms with Crippen molar-refractivity contribution >= 4 is 8.80 Å². The van der Waals surface area contributed by atoms with Gasteiger partial charge in [-0.2, -0.15) is 0 Å². The van der Waals surface area contributed by atoms with Crippen molar-refractivity contribution in [1.29, 1.82) is 0 Å². The second-order valence-electron chi connectivity index (χ2n) is 3.11. The first-order valence-electron chi connectivity index (χ1n) is 4.76. The van der Waals surface area contributed by atoms with Crippen LogP contribution < -0.4 is 0 Å². The predicted molar refractivity (Wildman–Crippen MR) is 63.2 cm³/mol. The van der Waals surface area contributed by atoms with Crippen LogP contribution in [0.15, 0.2) is 60.7 Å². The van der Waals surface area contributed by atoms with Gasteiger partial charge in [0.05, 0.1) is 0 Å². The molecule has 0 N–H and O–H groups in total. The van der Waals surface area contributed by atoms with Gasteiger partial charge in [-0.3, -0.25) is 0 Å². The number of rotatable bonds is 2. The molecule has 0 unspecified atom stereocenters. The molecule has 2 rings (SSSR count). The van der Waals surface area contributed by atoms with Crippen molar-refractivity contribution in [2.24, 2.45) is 0 Å². The summed E-state index contributed by atoms with van der Waals surface area (Å²) in [6.45, 7) is 0. The molecular weight excluding hydrogens is 363 g/mol. The standard InChI is InChI=1S/2C7H6.Pt/c2*1-7-5-3-2-4-6-7;/h2*1-6H;. The SMILES string of the molecule is [CH](=[Pt]=[CH]c1ccccc1)c1ccccc1. The van der Waals surface area contributed by atoms with Gasteiger partial charge in [-0.25, -0.2) is 0 Å². The van der Waals surface area contributed by atoms with Crippen molar-refractivity contribution < 1.29 is 17.6 Å². The topological polar surface area (TPSA) is 0 Å². The Morgan fingerprint density at radius 3 is 1.40 bits per heavy atom. The summed E-state index contributed by atoms with van der Waals surface area (Å²) in [5.74, 6) is 0. The summed E-state index contributed by atoms with van der Waals surface area (Å²) in [7, 11) is 0. The molecule has 0 aliphatic carbocycles. The van der Waals surface area contributed by atoms with Crippen molar-refractivity contribution in [2.45, 2.75) is 0 Å². The van der Waals surface area contributed by atoms with Crippen LogP contribution in [0.25, 0.3) is 0 Å². The molecule has 0 radical (unpaired) electrons. The van der Waals surface area contributed by atoms with Crippen LogP contribution in [0.5, 0.6) is 0 Å². The minimum atomic E-state index is 0.00784. The average molecular weight is 375 g/mol. The van der Waals surface area contributed by atoms with Crippen molar-refractivity contribution in [3.05, 3.63) is 71.8 Å². The van der Waals surface area contributed by atoms with Gasteiger partial charge in [-0.15, -0.1) is 0 Å². The molecule has 0 aliphatic heterocycles. The molecule has 0 atom stereocenters. The van der Waals surface area contributed by atoms with E-state index in [1.807, 2.05) is 0 Å². The third kappa shape index (κ3) is 3.49. The second kappa shape index (κ2) is 5.68. The van der Waals surface area contributed by atoms with Crippen LogP contribution in [0.4, 0.5) is 0 Å². The molecule has 0 nitrogen and oxygen atoms in total. The summed E-state index contributed by atoms with van der Waals surface area (Å²) in [5.41, 5.74) is 2.66. The Morgan fingerprint density at radius 2 is 1.00 bits per heavy atom. The molecule has 0 spiro atoms. The molecule has 2 aromatic rings. The molecule has 0 aliphatic rings. The number of hydrogen-bond acceptors (Lipinski definition) is 0. The van der Waals surface area contributed by atoms with E-state index in [-0.39, 0.29) is 17.6 Å². The third-order valence-electron chi connectivity index (χ3n) is 1.92. The van der Waals surface area contributed by atoms with Crippen molar-refractivity contribution in [3.8, 4) is 0 Å². The molecule has 0 aromatic heterocycles. The molecule has 78 valence electrons. The zero-order chi connectivity index (χ0) is 10.3. The fourth-order valence-corrected chi connectivity index (χ4v) is 3.11. The van der Waals surface area contributed by atoms with Crippen molar-refractivity contribution in [2.75, 3.05) is 0 Å². The van der Waals surface area contributed by atoms with E-state index in [4.69, 9.17) is 0 Å². The van der Waals surface area contributed by atoms with Crippen molar-refractivity contribution in [1.82, 2.24) is 0 Å². The van der Waals surface area contributed by atoms with Crippen LogP contribution in [-0.4, -0.2) is 8.80 Å². The zero-order valence-electron chi connectivity index (χ0n) is 8.24. The molecule has 0 bridgehead atoms. The molecule has 1 heteroatoms. The van der Waals surface area contributed by atoms with E-state index < -0.39 is 0 Å². The van der Waals surface area contributed by atoms with Crippen LogP contribution in [0.2, 0.25) is 0 Å². The predicted octanol–water partition coefficient (Wildman–Crippen LogP) is 2.77. The van der Waals surface area contributed by atoms with E-state index in [9.17, 15) is 0 Å². The fourth-order valence-electron chi connectivity index (χ4n) is 1.18. The summed E-state index contributed by atoms with van der Waals surface area (Å²) in [6, 6.07) is 21.0. The van der Waals surface area contributed by atoms with Crippen LogP contribution in [0.3, 0.4) is 0 Å². The quantitative estimate of drug-likeness (QED) is 0.757. The normalized spacial score (nSPS) is 9.87. The van der Waals surface area contributed by atoms with Gasteiger partial charge in [0.15, 0.2) is 0 Å². The van der Waals surface area contributed by atoms with E-state index in [1.165, 1.54) is 11.1 Å². The third-order valence-corrected chi connectivity index (χ3v) is 4.19. The Kier molecular flexibility index (Phi) is 3.93. The summed E-state index contributed by atoms with van der Waals surface area (Å²) >= 11 is 0.00784. The number of hydrogen-bond donors (Lipinski definition) is 0. The maximum absolute atomic E-state index is 2.34. The van der Waals surface area contributed by atoms with Gasteiger partial charge >= 0.3 is 98.2 Å². The van der Waals surface area contributed by atoms with E-state index in [0.29, 0.717) is 0 Å². The fraction of sp³-hybridized carbons (Fsp3) is 0. The average Bonchev–Trinajstić information content (AvgIpc) is 2.32. The summed E-state index contributed by atoms with van der Waals surface area (Å²) < 4.78 is 4.68. The Morgan fingerprint density at radius 1 is 0.600 bits per heavy atom. The Balaban J connectivity index is 2.16. The molecular formula is C14H12Pt. The summed E-state index contributed by atoms with van der Waals surface area (Å²) in [6.07, 6.45) is 0. The van der Waals surface area contributed by atoms with E-state index >= 15 is 0 Å². The minimum absolute atomic E-state index is 0.00784. The Hall–Kier alpha value is -1.13. The molecule has 0 heterocycles. The number of benzene rings is 2. The molecule has 15 heavy (non-hydrogen) atoms. The van der Waals surface area contributed by atoms with Gasteiger partial charge in [0, 0.05) is 0 Å². The van der Waals surface area contributed by atoms with Gasteiger partial charge in [0.2, 0.25) is 0 Å². The zero-order valence-corrected chi connectivity index (χ0v) is 10.5. The van der Waals surface area contributed by atoms with Crippen LogP contribution in [0.1, 0.15) is 11.1 Å². The Labute approximate surface area is 98.1 Å². The van der Waals surface area contributed by atoms with Gasteiger partial charge in [-0.05, 0) is 0 Å². The van der Waals surface area contributed by atoms with E-state index in [0.717, 1.165) is 0 Å². The van der Waals surface area contributed by atoms with Gasteiger partial charge in [0.25, 0.3) is 0 Å². The first-order valence-corrected chi connectivity index (χ1v) is 7.39. The van der Waals surface area contributed by atoms with Crippen LogP contribution >= 0.6 is 0 Å². The molecule has 0 fully saturated rings. The Bertz CT molecular complexity index is 422. The first-order chi connectivity index (χ1) is 7.45. The monoisotopic (exact) mass is 375 g/mol. The first kappa shape index (κ1) is 10.4. The summed E-state index contributed by atoms with van der Waals surface area (Å²) in [4.78, 5) is 0. The van der Waals surface area contributed by atoms with E-state index in [1.54, 1.807) is 0 Å². The van der Waals surface area contributed by atoms with Crippen LogP contribution in [0, 0.1) is 0 Å². The molecule has 0 saturated heterocycles. The van der Waals surface area contributed by atoms with E-state index in [2.05, 4.69) is 69.5 Å². The summed E-state index contributed by atoms with van der Waals surface area (Å²) in [5, 5.41) is 0.